The smallest absolute Gasteiger partial charge is 0.254 e. The Labute approximate surface area is 119 Å². The molecule has 4 nitrogen and oxygen atoms in total. The quantitative estimate of drug-likeness (QED) is 0.888. The fourth-order valence-electron chi connectivity index (χ4n) is 1.95. The second-order valence-electron chi connectivity index (χ2n) is 4.62. The lowest BCUT2D eigenvalue weighted by molar-refractivity contribution is -0.0605. The number of aliphatic hydroxyl groups is 1. The van der Waals surface area contributed by atoms with Gasteiger partial charge in [-0.2, -0.15) is 0 Å². The first-order valence-corrected chi connectivity index (χ1v) is 6.83. The van der Waals surface area contributed by atoms with Crippen LogP contribution in [-0.4, -0.2) is 36.4 Å². The highest BCUT2D eigenvalue weighted by Crippen LogP contribution is 2.21. The van der Waals surface area contributed by atoms with E-state index in [9.17, 15) is 14.3 Å². The maximum atomic E-state index is 13.7. The van der Waals surface area contributed by atoms with Gasteiger partial charge in [-0.25, -0.2) is 4.39 Å². The minimum Gasteiger partial charge on any atom is -0.388 e. The number of hydrogen-bond acceptors (Lipinski definition) is 3. The van der Waals surface area contributed by atoms with Crippen LogP contribution < -0.4 is 5.32 Å². The van der Waals surface area contributed by atoms with Gasteiger partial charge in [0.2, 0.25) is 0 Å². The van der Waals surface area contributed by atoms with E-state index in [1.807, 2.05) is 0 Å². The minimum absolute atomic E-state index is 0.0370. The minimum atomic E-state index is -0.962. The van der Waals surface area contributed by atoms with Crippen molar-refractivity contribution >= 4 is 21.8 Å². The van der Waals surface area contributed by atoms with E-state index in [4.69, 9.17) is 4.74 Å². The molecule has 2 N–H and O–H groups in total. The van der Waals surface area contributed by atoms with Crippen molar-refractivity contribution < 1.29 is 19.0 Å². The summed E-state index contributed by atoms with van der Waals surface area (Å²) in [5.41, 5.74) is -0.999. The van der Waals surface area contributed by atoms with E-state index in [-0.39, 0.29) is 16.6 Å². The number of ether oxygens (including phenoxy) is 1. The highest BCUT2D eigenvalue weighted by Gasteiger charge is 2.30. The molecule has 1 saturated heterocycles. The summed E-state index contributed by atoms with van der Waals surface area (Å²) >= 11 is 3.03. The molecule has 1 fully saturated rings. The molecule has 0 spiro atoms. The Balaban J connectivity index is 1.99. The Kier molecular flexibility index (Phi) is 4.54. The third-order valence-corrected chi connectivity index (χ3v) is 3.81. The first-order valence-electron chi connectivity index (χ1n) is 6.04. The summed E-state index contributed by atoms with van der Waals surface area (Å²) in [7, 11) is 0. The highest BCUT2D eigenvalue weighted by atomic mass is 79.9. The van der Waals surface area contributed by atoms with E-state index >= 15 is 0 Å². The number of carbonyl (C=O) groups excluding carboxylic acids is 1. The molecule has 1 heterocycles. The van der Waals surface area contributed by atoms with Crippen LogP contribution in [0.5, 0.6) is 0 Å². The summed E-state index contributed by atoms with van der Waals surface area (Å²) in [4.78, 5) is 11.9. The Morgan fingerprint density at radius 3 is 2.84 bits per heavy atom. The third-order valence-electron chi connectivity index (χ3n) is 3.20. The van der Waals surface area contributed by atoms with Gasteiger partial charge in [0.15, 0.2) is 0 Å². The van der Waals surface area contributed by atoms with Crippen LogP contribution in [-0.2, 0) is 4.74 Å². The topological polar surface area (TPSA) is 58.6 Å². The molecule has 1 amide bonds. The summed E-state index contributed by atoms with van der Waals surface area (Å²) in [5.74, 6) is -1.13. The average Bonchev–Trinajstić information content (AvgIpc) is 2.40. The molecule has 0 atom stereocenters. The van der Waals surface area contributed by atoms with Crippen molar-refractivity contribution in [2.24, 2.45) is 0 Å². The molecule has 0 bridgehead atoms. The van der Waals surface area contributed by atoms with E-state index < -0.39 is 17.3 Å². The number of nitrogens with one attached hydrogen (secondary N) is 1. The summed E-state index contributed by atoms with van der Waals surface area (Å²) in [6.07, 6.45) is 0.933. The van der Waals surface area contributed by atoms with Crippen LogP contribution in [0.3, 0.4) is 0 Å². The van der Waals surface area contributed by atoms with Gasteiger partial charge < -0.3 is 15.2 Å². The Morgan fingerprint density at radius 2 is 2.16 bits per heavy atom. The lowest BCUT2D eigenvalue weighted by atomic mass is 9.94. The maximum Gasteiger partial charge on any atom is 0.254 e. The number of carbonyl (C=O) groups is 1. The number of benzene rings is 1. The van der Waals surface area contributed by atoms with Crippen LogP contribution in [0, 0.1) is 5.82 Å². The first-order chi connectivity index (χ1) is 9.02. The molecule has 1 aliphatic heterocycles. The first kappa shape index (κ1) is 14.4. The van der Waals surface area contributed by atoms with E-state index in [1.54, 1.807) is 6.07 Å². The molecule has 1 aliphatic rings. The predicted octanol–water partition coefficient (Wildman–Crippen LogP) is 1.86. The molecular weight excluding hydrogens is 317 g/mol. The lowest BCUT2D eigenvalue weighted by Gasteiger charge is -2.32. The van der Waals surface area contributed by atoms with E-state index in [2.05, 4.69) is 21.2 Å². The number of rotatable bonds is 3. The number of hydrogen-bond donors (Lipinski definition) is 2. The Hall–Kier alpha value is -0.980. The molecule has 0 radical (unpaired) electrons. The van der Waals surface area contributed by atoms with Gasteiger partial charge in [-0.3, -0.25) is 4.79 Å². The monoisotopic (exact) mass is 331 g/mol. The molecule has 19 heavy (non-hydrogen) atoms. The fourth-order valence-corrected chi connectivity index (χ4v) is 2.31. The molecule has 2 rings (SSSR count). The predicted molar refractivity (Wildman–Crippen MR) is 71.4 cm³/mol. The van der Waals surface area contributed by atoms with Crippen LogP contribution in [0.4, 0.5) is 4.39 Å². The summed E-state index contributed by atoms with van der Waals surface area (Å²) < 4.78 is 19.1. The molecule has 0 aliphatic carbocycles. The number of amides is 1. The fraction of sp³-hybridized carbons (Fsp3) is 0.462. The van der Waals surface area contributed by atoms with Crippen LogP contribution >= 0.6 is 15.9 Å². The molecule has 6 heteroatoms. The van der Waals surface area contributed by atoms with Crippen molar-refractivity contribution in [1.29, 1.82) is 0 Å². The van der Waals surface area contributed by atoms with Crippen LogP contribution in [0.1, 0.15) is 23.2 Å². The largest absolute Gasteiger partial charge is 0.388 e. The van der Waals surface area contributed by atoms with Gasteiger partial charge in [0, 0.05) is 32.6 Å². The standard InChI is InChI=1S/C13H15BrFNO3/c14-10-3-1-2-9(11(10)15)12(17)16-8-13(18)4-6-19-7-5-13/h1-3,18H,4-8H2,(H,16,17). The van der Waals surface area contributed by atoms with Gasteiger partial charge in [-0.15, -0.1) is 0 Å². The van der Waals surface area contributed by atoms with Gasteiger partial charge in [-0.1, -0.05) is 6.07 Å². The lowest BCUT2D eigenvalue weighted by Crippen LogP contribution is -2.46. The second kappa shape index (κ2) is 5.98. The molecule has 0 saturated carbocycles. The normalized spacial score (nSPS) is 18.1. The molecular formula is C13H15BrFNO3. The highest BCUT2D eigenvalue weighted by molar-refractivity contribution is 9.10. The zero-order valence-corrected chi connectivity index (χ0v) is 11.9. The van der Waals surface area contributed by atoms with Gasteiger partial charge in [-0.05, 0) is 28.1 Å². The zero-order valence-electron chi connectivity index (χ0n) is 10.3. The zero-order chi connectivity index (χ0) is 13.9. The summed E-state index contributed by atoms with van der Waals surface area (Å²) in [5, 5.41) is 12.8. The van der Waals surface area contributed by atoms with Gasteiger partial charge >= 0.3 is 0 Å². The number of halogens is 2. The van der Waals surface area contributed by atoms with E-state index in [0.717, 1.165) is 0 Å². The SMILES string of the molecule is O=C(NCC1(O)CCOCC1)c1cccc(Br)c1F. The second-order valence-corrected chi connectivity index (χ2v) is 5.48. The van der Waals surface area contributed by atoms with Crippen molar-refractivity contribution in [3.8, 4) is 0 Å². The summed E-state index contributed by atoms with van der Waals surface area (Å²) in [6, 6.07) is 4.52. The molecule has 0 unspecified atom stereocenters. The van der Waals surface area contributed by atoms with Gasteiger partial charge in [0.25, 0.3) is 5.91 Å². The Bertz CT molecular complexity index is 475. The van der Waals surface area contributed by atoms with Crippen LogP contribution in [0.2, 0.25) is 0 Å². The van der Waals surface area contributed by atoms with E-state index in [1.165, 1.54) is 12.1 Å². The van der Waals surface area contributed by atoms with E-state index in [0.29, 0.717) is 26.1 Å². The molecule has 0 aromatic heterocycles. The van der Waals surface area contributed by atoms with Crippen molar-refractivity contribution in [2.75, 3.05) is 19.8 Å². The maximum absolute atomic E-state index is 13.7. The average molecular weight is 332 g/mol. The summed E-state index contributed by atoms with van der Waals surface area (Å²) in [6.45, 7) is 1.04. The van der Waals surface area contributed by atoms with Gasteiger partial charge in [0.1, 0.15) is 5.82 Å². The van der Waals surface area contributed by atoms with Crippen molar-refractivity contribution in [3.05, 3.63) is 34.1 Å². The molecule has 1 aromatic rings. The third kappa shape index (κ3) is 3.52. The van der Waals surface area contributed by atoms with Crippen molar-refractivity contribution in [3.63, 3.8) is 0 Å². The van der Waals surface area contributed by atoms with Crippen molar-refractivity contribution in [2.45, 2.75) is 18.4 Å². The van der Waals surface area contributed by atoms with Crippen LogP contribution in [0.25, 0.3) is 0 Å². The molecule has 104 valence electrons. The van der Waals surface area contributed by atoms with Crippen molar-refractivity contribution in [1.82, 2.24) is 5.32 Å². The Morgan fingerprint density at radius 1 is 1.47 bits per heavy atom. The van der Waals surface area contributed by atoms with Crippen LogP contribution in [0.15, 0.2) is 22.7 Å². The molecule has 1 aromatic carbocycles. The van der Waals surface area contributed by atoms with Gasteiger partial charge in [0.05, 0.1) is 15.6 Å².